The number of nitrogens with zero attached hydrogens (tertiary/aromatic N) is 4. The first-order chi connectivity index (χ1) is 31.5. The van der Waals surface area contributed by atoms with Crippen molar-refractivity contribution in [2.24, 2.45) is 23.2 Å². The highest BCUT2D eigenvalue weighted by Crippen LogP contribution is 2.58. The molecule has 1 unspecified atom stereocenters. The van der Waals surface area contributed by atoms with Crippen LogP contribution >= 0.6 is 0 Å². The summed E-state index contributed by atoms with van der Waals surface area (Å²) in [6.07, 6.45) is 9.31. The molecule has 2 bridgehead atoms. The number of methoxy groups -OCH3 is 2. The Morgan fingerprint density at radius 2 is 1.48 bits per heavy atom. The molecule has 2 aromatic heterocycles. The molecule has 5 fully saturated rings. The summed E-state index contributed by atoms with van der Waals surface area (Å²) < 4.78 is 15.5. The number of aliphatic hydroxyl groups excluding tert-OH is 1. The third-order valence-corrected chi connectivity index (χ3v) is 15.0. The number of alkyl carbamates (subject to hydrolysis) is 1. The number of carbonyl (C=O) groups excluding carboxylic acids is 3. The van der Waals surface area contributed by atoms with E-state index in [0.29, 0.717) is 38.5 Å². The van der Waals surface area contributed by atoms with E-state index in [9.17, 15) is 19.5 Å². The van der Waals surface area contributed by atoms with Gasteiger partial charge in [0.2, 0.25) is 18.2 Å². The minimum atomic E-state index is -1.22. The van der Waals surface area contributed by atoms with Gasteiger partial charge in [-0.15, -0.1) is 0 Å². The van der Waals surface area contributed by atoms with Crippen molar-refractivity contribution >= 4 is 28.7 Å². The summed E-state index contributed by atoms with van der Waals surface area (Å²) in [5.41, 5.74) is 6.15. The van der Waals surface area contributed by atoms with Gasteiger partial charge >= 0.3 is 6.09 Å². The summed E-state index contributed by atoms with van der Waals surface area (Å²) in [5, 5.41) is 18.2. The molecule has 5 N–H and O–H groups in total. The van der Waals surface area contributed by atoms with Crippen molar-refractivity contribution in [2.45, 2.75) is 102 Å². The molecule has 0 radical (unpaired) electrons. The van der Waals surface area contributed by atoms with Crippen molar-refractivity contribution in [2.75, 3.05) is 34.0 Å². The highest BCUT2D eigenvalue weighted by molar-refractivity contribution is 5.91. The van der Waals surface area contributed by atoms with Gasteiger partial charge in [0, 0.05) is 38.5 Å². The van der Waals surface area contributed by atoms with Crippen LogP contribution in [0.25, 0.3) is 44.4 Å². The Bertz CT molecular complexity index is 2540. The normalized spacial score (nSPS) is 23.9. The van der Waals surface area contributed by atoms with Gasteiger partial charge in [0.1, 0.15) is 17.7 Å². The van der Waals surface area contributed by atoms with Crippen LogP contribution in [0.3, 0.4) is 0 Å². The average Bonchev–Trinajstić information content (AvgIpc) is 3.97. The minimum Gasteiger partial charge on any atom is -0.453 e. The summed E-state index contributed by atoms with van der Waals surface area (Å²) >= 11 is 0. The van der Waals surface area contributed by atoms with Crippen molar-refractivity contribution in [1.29, 1.82) is 0 Å². The fraction of sp³-hybridized carbons (Fsp3) is 0.500. The van der Waals surface area contributed by atoms with Crippen LogP contribution in [-0.4, -0.2) is 111 Å². The maximum atomic E-state index is 14.4. The van der Waals surface area contributed by atoms with Crippen LogP contribution in [-0.2, 0) is 23.8 Å². The second-order valence-corrected chi connectivity index (χ2v) is 19.4. The molecule has 342 valence electrons. The number of piperidine rings is 1. The zero-order valence-corrected chi connectivity index (χ0v) is 37.6. The van der Waals surface area contributed by atoms with Gasteiger partial charge in [-0.05, 0) is 114 Å². The fourth-order valence-corrected chi connectivity index (χ4v) is 11.2. The maximum Gasteiger partial charge on any atom is 0.407 e. The molecule has 5 heterocycles. The maximum absolute atomic E-state index is 14.4. The lowest BCUT2D eigenvalue weighted by Crippen LogP contribution is -2.55. The largest absolute Gasteiger partial charge is 0.453 e. The van der Waals surface area contributed by atoms with E-state index in [-0.39, 0.29) is 47.2 Å². The van der Waals surface area contributed by atoms with Crippen LogP contribution in [0.15, 0.2) is 73.1 Å². The van der Waals surface area contributed by atoms with E-state index < -0.39 is 24.6 Å². The fourth-order valence-electron chi connectivity index (χ4n) is 11.2. The quantitative estimate of drug-likeness (QED) is 0.0766. The molecule has 5 aromatic rings. The first-order valence-electron chi connectivity index (χ1n) is 23.3. The number of hydrogen-bond acceptors (Lipinski definition) is 10. The van der Waals surface area contributed by atoms with E-state index in [1.165, 1.54) is 14.2 Å². The standard InChI is InChI=1S/C50H60N8O7/c1-28(2)41(55-48(61)63-3)46(59)57-27-50(17-18-50)24-40(57)44-51-26-39(53-44)35-12-11-33-21-32(9-10-34(33)22-35)29-5-7-30(8-6-29)38-25-52-45(54-38)43-36-13-14-37(23-36)58(43)47(60)42(56-49(62)64-4)31-15-19-65-20-16-31/h5-12,21-22,25-26,28,31,36-37,40-43,48,55,61H,13-20,23-24,27H2,1-4H3,(H,51,53)(H,52,54)(H,56,62)/t36-,37+,40-,41-,42-,43-,48?/m0/s1. The molecule has 2 saturated carbocycles. The summed E-state index contributed by atoms with van der Waals surface area (Å²) in [4.78, 5) is 61.6. The van der Waals surface area contributed by atoms with Gasteiger partial charge in [0.15, 0.2) is 0 Å². The minimum absolute atomic E-state index is 0.0216. The molecule has 15 heteroatoms. The topological polar surface area (TPSA) is 187 Å². The second-order valence-electron chi connectivity index (χ2n) is 19.4. The number of hydrogen-bond donors (Lipinski definition) is 5. The number of carbonyl (C=O) groups is 3. The second kappa shape index (κ2) is 17.6. The molecule has 5 aliphatic rings. The van der Waals surface area contributed by atoms with E-state index in [1.54, 1.807) is 0 Å². The smallest absolute Gasteiger partial charge is 0.407 e. The SMILES string of the molecule is COC(=O)N[C@H](C(=O)N1[C@@H]2CC[C@@H](C2)[C@H]1c1ncc(-c2ccc(-c3ccc4cc(-c5cnc([C@@H]6CC7(CC7)CN6C(=O)[C@@H](NC(O)OC)C(C)C)[nH]5)ccc4c3)cc2)[nH]1)C1CCOCC1. The number of imidazole rings is 2. The Morgan fingerprint density at radius 1 is 0.831 bits per heavy atom. The monoisotopic (exact) mass is 884 g/mol. The number of likely N-dealkylation sites (tertiary alicyclic amines) is 2. The predicted octanol–water partition coefficient (Wildman–Crippen LogP) is 7.08. The molecular weight excluding hydrogens is 825 g/mol. The number of amides is 3. The van der Waals surface area contributed by atoms with Crippen molar-refractivity contribution in [3.63, 3.8) is 0 Å². The summed E-state index contributed by atoms with van der Waals surface area (Å²) in [6.45, 7) is 5.76. The zero-order valence-electron chi connectivity index (χ0n) is 37.6. The Balaban J connectivity index is 0.831. The van der Waals surface area contributed by atoms with Gasteiger partial charge in [0.05, 0.1) is 49.0 Å². The predicted molar refractivity (Wildman–Crippen MR) is 244 cm³/mol. The summed E-state index contributed by atoms with van der Waals surface area (Å²) in [6, 6.07) is 19.9. The first kappa shape index (κ1) is 43.3. The highest BCUT2D eigenvalue weighted by Gasteiger charge is 2.55. The number of aromatic nitrogens is 4. The molecule has 3 amide bonds. The summed E-state index contributed by atoms with van der Waals surface area (Å²) in [5.74, 6) is 1.69. The lowest BCUT2D eigenvalue weighted by atomic mass is 9.89. The Kier molecular flexibility index (Phi) is 11.8. The number of aromatic amines is 2. The molecule has 7 atom stereocenters. The Labute approximate surface area is 379 Å². The molecular formula is C50H60N8O7. The van der Waals surface area contributed by atoms with E-state index in [2.05, 4.69) is 81.3 Å². The lowest BCUT2D eigenvalue weighted by Gasteiger charge is -2.39. The van der Waals surface area contributed by atoms with Gasteiger partial charge in [-0.25, -0.2) is 14.8 Å². The van der Waals surface area contributed by atoms with E-state index in [1.807, 2.05) is 36.0 Å². The lowest BCUT2D eigenvalue weighted by molar-refractivity contribution is -0.145. The number of rotatable bonds is 13. The number of aliphatic hydroxyl groups is 1. The number of benzene rings is 3. The molecule has 15 nitrogen and oxygen atoms in total. The van der Waals surface area contributed by atoms with Crippen LogP contribution in [0.2, 0.25) is 0 Å². The molecule has 3 aliphatic heterocycles. The van der Waals surface area contributed by atoms with Crippen LogP contribution in [0.5, 0.6) is 0 Å². The van der Waals surface area contributed by atoms with Gasteiger partial charge in [-0.3, -0.25) is 14.9 Å². The van der Waals surface area contributed by atoms with Crippen LogP contribution in [0.1, 0.15) is 88.9 Å². The third-order valence-electron chi connectivity index (χ3n) is 15.0. The van der Waals surface area contributed by atoms with Gasteiger partial charge in [-0.2, -0.15) is 0 Å². The highest BCUT2D eigenvalue weighted by atomic mass is 16.6. The van der Waals surface area contributed by atoms with E-state index in [4.69, 9.17) is 24.2 Å². The third kappa shape index (κ3) is 8.43. The molecule has 10 rings (SSSR count). The van der Waals surface area contributed by atoms with E-state index in [0.717, 1.165) is 94.6 Å². The van der Waals surface area contributed by atoms with Crippen molar-refractivity contribution < 1.29 is 33.7 Å². The number of H-pyrrole nitrogens is 2. The molecule has 3 saturated heterocycles. The Morgan fingerprint density at radius 3 is 2.17 bits per heavy atom. The van der Waals surface area contributed by atoms with E-state index >= 15 is 0 Å². The van der Waals surface area contributed by atoms with Crippen molar-refractivity contribution in [1.82, 2.24) is 40.4 Å². The van der Waals surface area contributed by atoms with Crippen LogP contribution in [0.4, 0.5) is 4.79 Å². The molecule has 3 aromatic carbocycles. The molecule has 65 heavy (non-hydrogen) atoms. The number of fused-ring (bicyclic) bond motifs is 3. The van der Waals surface area contributed by atoms with Crippen molar-refractivity contribution in [3.8, 4) is 33.6 Å². The molecule has 1 spiro atoms. The average molecular weight is 885 g/mol. The zero-order chi connectivity index (χ0) is 45.0. The Hall–Kier alpha value is -5.61. The first-order valence-corrected chi connectivity index (χ1v) is 23.3. The van der Waals surface area contributed by atoms with Gasteiger partial charge in [-0.1, -0.05) is 62.4 Å². The van der Waals surface area contributed by atoms with Gasteiger partial charge in [0.25, 0.3) is 0 Å². The molecule has 2 aliphatic carbocycles. The number of nitrogens with one attached hydrogen (secondary N) is 4. The van der Waals surface area contributed by atoms with Crippen LogP contribution < -0.4 is 10.6 Å². The van der Waals surface area contributed by atoms with Crippen LogP contribution in [0, 0.1) is 23.2 Å². The summed E-state index contributed by atoms with van der Waals surface area (Å²) in [7, 11) is 2.73. The van der Waals surface area contributed by atoms with Crippen molar-refractivity contribution in [3.05, 3.63) is 84.7 Å². The number of ether oxygens (including phenoxy) is 3. The van der Waals surface area contributed by atoms with Gasteiger partial charge < -0.3 is 44.4 Å².